The molecule has 2 aromatic heterocycles. The zero-order valence-electron chi connectivity index (χ0n) is 20.2. The fourth-order valence-corrected chi connectivity index (χ4v) is 4.35. The minimum Gasteiger partial charge on any atom is -0.319 e. The van der Waals surface area contributed by atoms with Crippen molar-refractivity contribution in [2.75, 3.05) is 5.32 Å². The van der Waals surface area contributed by atoms with E-state index in [1.807, 2.05) is 13.0 Å². The molecule has 0 bridgehead atoms. The summed E-state index contributed by atoms with van der Waals surface area (Å²) >= 11 is 6.16. The summed E-state index contributed by atoms with van der Waals surface area (Å²) in [6.45, 7) is 7.48. The Morgan fingerprint density at radius 2 is 1.72 bits per heavy atom. The minimum atomic E-state index is -0.438. The summed E-state index contributed by atoms with van der Waals surface area (Å²) in [4.78, 5) is 23.9. The maximum atomic E-state index is 13.4. The second-order valence-corrected chi connectivity index (χ2v) is 8.94. The summed E-state index contributed by atoms with van der Waals surface area (Å²) in [6, 6.07) is 11.2. The molecule has 0 saturated heterocycles. The molecule has 0 atom stereocenters. The number of nitro groups is 1. The standard InChI is InChI=1S/C25H24ClFN6O3/c1-14-23(16(3)32(29-14)13-20-8-9-21(27)11-22(20)26)28-25(34)19-7-5-6-18(10-19)12-31-17(4)24(33(35)36)15(2)30-31/h5-11H,12-13H2,1-4H3,(H,28,34). The van der Waals surface area contributed by atoms with Crippen LogP contribution in [0.4, 0.5) is 15.8 Å². The molecule has 1 N–H and O–H groups in total. The van der Waals surface area contributed by atoms with Gasteiger partial charge in [-0.15, -0.1) is 0 Å². The van der Waals surface area contributed by atoms with Crippen LogP contribution in [0.15, 0.2) is 42.5 Å². The third-order valence-corrected chi connectivity index (χ3v) is 6.35. The average Bonchev–Trinajstić information content (AvgIpc) is 3.24. The summed E-state index contributed by atoms with van der Waals surface area (Å²) in [5.41, 5.74) is 4.64. The van der Waals surface area contributed by atoms with Gasteiger partial charge in [0.05, 0.1) is 35.1 Å². The lowest BCUT2D eigenvalue weighted by molar-refractivity contribution is -0.386. The van der Waals surface area contributed by atoms with E-state index in [0.29, 0.717) is 45.5 Å². The second-order valence-electron chi connectivity index (χ2n) is 8.53. The molecule has 2 aromatic carbocycles. The molecule has 0 aliphatic carbocycles. The number of anilines is 1. The predicted molar refractivity (Wildman–Crippen MR) is 134 cm³/mol. The molecule has 0 radical (unpaired) electrons. The van der Waals surface area contributed by atoms with E-state index in [1.54, 1.807) is 54.4 Å². The van der Waals surface area contributed by atoms with Gasteiger partial charge in [0.15, 0.2) is 0 Å². The first-order chi connectivity index (χ1) is 17.0. The molecule has 11 heteroatoms. The van der Waals surface area contributed by atoms with E-state index >= 15 is 0 Å². The van der Waals surface area contributed by atoms with Gasteiger partial charge < -0.3 is 5.32 Å². The van der Waals surface area contributed by atoms with Crippen LogP contribution in [0.1, 0.15) is 44.3 Å². The van der Waals surface area contributed by atoms with E-state index in [-0.39, 0.29) is 18.1 Å². The third kappa shape index (κ3) is 4.99. The van der Waals surface area contributed by atoms with Crippen molar-refractivity contribution in [3.05, 3.63) is 103 Å². The number of rotatable bonds is 7. The number of aryl methyl sites for hydroxylation is 2. The number of hydrogen-bond acceptors (Lipinski definition) is 5. The van der Waals surface area contributed by atoms with Crippen molar-refractivity contribution in [3.8, 4) is 0 Å². The highest BCUT2D eigenvalue weighted by atomic mass is 35.5. The fraction of sp³-hybridized carbons (Fsp3) is 0.240. The lowest BCUT2D eigenvalue weighted by Gasteiger charge is -2.10. The summed E-state index contributed by atoms with van der Waals surface area (Å²) in [5.74, 6) is -0.731. The highest BCUT2D eigenvalue weighted by Gasteiger charge is 2.22. The predicted octanol–water partition coefficient (Wildman–Crippen LogP) is 5.36. The Kier molecular flexibility index (Phi) is 6.89. The van der Waals surface area contributed by atoms with E-state index in [4.69, 9.17) is 11.6 Å². The monoisotopic (exact) mass is 510 g/mol. The Bertz CT molecular complexity index is 1490. The number of aromatic nitrogens is 4. The molecule has 36 heavy (non-hydrogen) atoms. The second kappa shape index (κ2) is 9.90. The van der Waals surface area contributed by atoms with Crippen LogP contribution < -0.4 is 5.32 Å². The van der Waals surface area contributed by atoms with Crippen molar-refractivity contribution in [2.24, 2.45) is 0 Å². The van der Waals surface area contributed by atoms with Crippen LogP contribution in [-0.2, 0) is 13.1 Å². The molecule has 2 heterocycles. The van der Waals surface area contributed by atoms with Crippen molar-refractivity contribution < 1.29 is 14.1 Å². The molecule has 0 aliphatic heterocycles. The lowest BCUT2D eigenvalue weighted by atomic mass is 10.1. The molecule has 9 nitrogen and oxygen atoms in total. The van der Waals surface area contributed by atoms with Gasteiger partial charge in [-0.3, -0.25) is 24.3 Å². The van der Waals surface area contributed by atoms with Crippen molar-refractivity contribution in [2.45, 2.75) is 40.8 Å². The first kappa shape index (κ1) is 25.1. The van der Waals surface area contributed by atoms with Crippen LogP contribution in [-0.4, -0.2) is 30.4 Å². The maximum absolute atomic E-state index is 13.4. The number of halogens is 2. The van der Waals surface area contributed by atoms with Gasteiger partial charge in [-0.2, -0.15) is 10.2 Å². The highest BCUT2D eigenvalue weighted by Crippen LogP contribution is 2.25. The molecular formula is C25H24ClFN6O3. The van der Waals surface area contributed by atoms with Crippen LogP contribution in [0.3, 0.4) is 0 Å². The van der Waals surface area contributed by atoms with Gasteiger partial charge in [0.1, 0.15) is 17.2 Å². The van der Waals surface area contributed by atoms with Crippen molar-refractivity contribution in [1.82, 2.24) is 19.6 Å². The van der Waals surface area contributed by atoms with Crippen LogP contribution in [0.5, 0.6) is 0 Å². The molecule has 0 aliphatic rings. The van der Waals surface area contributed by atoms with Crippen LogP contribution in [0.25, 0.3) is 0 Å². The number of nitrogens with one attached hydrogen (secondary N) is 1. The molecule has 0 unspecified atom stereocenters. The first-order valence-corrected chi connectivity index (χ1v) is 11.5. The van der Waals surface area contributed by atoms with Gasteiger partial charge in [0, 0.05) is 10.6 Å². The Morgan fingerprint density at radius 1 is 1.03 bits per heavy atom. The van der Waals surface area contributed by atoms with E-state index in [9.17, 15) is 19.3 Å². The van der Waals surface area contributed by atoms with Gasteiger partial charge in [0.2, 0.25) is 0 Å². The SMILES string of the molecule is Cc1nn(Cc2ccc(F)cc2Cl)c(C)c1NC(=O)c1cccc(Cn2nc(C)c([N+](=O)[O-])c2C)c1. The maximum Gasteiger partial charge on any atom is 0.312 e. The van der Waals surface area contributed by atoms with Crippen molar-refractivity contribution >= 4 is 28.9 Å². The van der Waals surface area contributed by atoms with Crippen LogP contribution in [0.2, 0.25) is 5.02 Å². The summed E-state index contributed by atoms with van der Waals surface area (Å²) in [7, 11) is 0. The largest absolute Gasteiger partial charge is 0.319 e. The van der Waals surface area contributed by atoms with E-state index in [2.05, 4.69) is 15.5 Å². The first-order valence-electron chi connectivity index (χ1n) is 11.1. The number of amides is 1. The summed E-state index contributed by atoms with van der Waals surface area (Å²) in [6.07, 6.45) is 0. The molecule has 0 saturated carbocycles. The van der Waals surface area contributed by atoms with Crippen molar-refractivity contribution in [3.63, 3.8) is 0 Å². The highest BCUT2D eigenvalue weighted by molar-refractivity contribution is 6.31. The average molecular weight is 511 g/mol. The number of hydrogen-bond donors (Lipinski definition) is 1. The molecular weight excluding hydrogens is 487 g/mol. The Labute approximate surface area is 211 Å². The molecule has 0 fully saturated rings. The van der Waals surface area contributed by atoms with E-state index < -0.39 is 10.7 Å². The van der Waals surface area contributed by atoms with Gasteiger partial charge in [-0.05, 0) is 63.1 Å². The van der Waals surface area contributed by atoms with Gasteiger partial charge in [0.25, 0.3) is 5.91 Å². The molecule has 4 aromatic rings. The van der Waals surface area contributed by atoms with Gasteiger partial charge in [-0.25, -0.2) is 4.39 Å². The summed E-state index contributed by atoms with van der Waals surface area (Å²) in [5, 5.41) is 23.3. The van der Waals surface area contributed by atoms with E-state index in [1.165, 1.54) is 12.1 Å². The number of carbonyl (C=O) groups excluding carboxylic acids is 1. The number of nitrogens with zero attached hydrogens (tertiary/aromatic N) is 5. The zero-order chi connectivity index (χ0) is 26.1. The quantitative estimate of drug-likeness (QED) is 0.266. The minimum absolute atomic E-state index is 0.00575. The molecule has 0 spiro atoms. The fourth-order valence-electron chi connectivity index (χ4n) is 4.12. The van der Waals surface area contributed by atoms with Crippen LogP contribution in [0, 0.1) is 43.6 Å². The zero-order valence-corrected chi connectivity index (χ0v) is 20.9. The summed E-state index contributed by atoms with van der Waals surface area (Å²) < 4.78 is 16.6. The smallest absolute Gasteiger partial charge is 0.312 e. The van der Waals surface area contributed by atoms with E-state index in [0.717, 1.165) is 11.3 Å². The number of carbonyl (C=O) groups is 1. The molecule has 1 amide bonds. The topological polar surface area (TPSA) is 108 Å². The van der Waals surface area contributed by atoms with Gasteiger partial charge in [-0.1, -0.05) is 29.8 Å². The lowest BCUT2D eigenvalue weighted by Crippen LogP contribution is -2.14. The van der Waals surface area contributed by atoms with Crippen LogP contribution >= 0.6 is 11.6 Å². The number of benzene rings is 2. The Balaban J connectivity index is 1.53. The Hall–Kier alpha value is -4.05. The third-order valence-electron chi connectivity index (χ3n) is 6.00. The molecule has 4 rings (SSSR count). The van der Waals surface area contributed by atoms with Gasteiger partial charge >= 0.3 is 5.69 Å². The van der Waals surface area contributed by atoms with Crippen molar-refractivity contribution in [1.29, 1.82) is 0 Å². The molecule has 186 valence electrons. The Morgan fingerprint density at radius 3 is 2.39 bits per heavy atom. The normalized spacial score (nSPS) is 11.1.